The van der Waals surface area contributed by atoms with E-state index in [-0.39, 0.29) is 16.7 Å². The molecule has 9 aromatic rings. The van der Waals surface area contributed by atoms with E-state index in [0.717, 1.165) is 27.5 Å². The first-order chi connectivity index (χ1) is 22.4. The molecule has 10 rings (SSSR count). The molecule has 0 fully saturated rings. The third-order valence-corrected chi connectivity index (χ3v) is 10.3. The first-order valence-electron chi connectivity index (χ1n) is 15.6. The van der Waals surface area contributed by atoms with Crippen LogP contribution in [-0.4, -0.2) is 13.5 Å². The Kier molecular flexibility index (Phi) is 4.75. The van der Waals surface area contributed by atoms with Gasteiger partial charge in [0, 0.05) is 32.6 Å². The first kappa shape index (κ1) is 25.4. The summed E-state index contributed by atoms with van der Waals surface area (Å²) in [5, 5.41) is 4.71. The van der Waals surface area contributed by atoms with Crippen molar-refractivity contribution in [2.24, 2.45) is 0 Å². The minimum absolute atomic E-state index is 0.111. The van der Waals surface area contributed by atoms with Crippen molar-refractivity contribution in [2.75, 3.05) is 0 Å². The highest BCUT2D eigenvalue weighted by Gasteiger charge is 2.36. The van der Waals surface area contributed by atoms with Gasteiger partial charge in [-0.15, -0.1) is 0 Å². The van der Waals surface area contributed by atoms with Gasteiger partial charge in [-0.2, -0.15) is 0 Å². The second kappa shape index (κ2) is 8.61. The molecule has 1 aliphatic rings. The number of para-hydroxylation sites is 2. The Bertz CT molecular complexity index is 2870. The van der Waals surface area contributed by atoms with Gasteiger partial charge in [0.25, 0.3) is 5.56 Å². The topological polar surface area (TPSA) is 48.4 Å². The van der Waals surface area contributed by atoms with E-state index in [4.69, 9.17) is 0 Å². The fraction of sp³-hybridized carbons (Fsp3) is 0.0732. The van der Waals surface area contributed by atoms with Gasteiger partial charge in [-0.1, -0.05) is 86.6 Å². The van der Waals surface area contributed by atoms with Crippen molar-refractivity contribution >= 4 is 49.0 Å². The van der Waals surface area contributed by atoms with Crippen LogP contribution in [0.5, 0.6) is 0 Å². The molecule has 0 radical (unpaired) electrons. The van der Waals surface area contributed by atoms with E-state index >= 15 is 0 Å². The van der Waals surface area contributed by atoms with E-state index in [1.807, 2.05) is 48.5 Å². The highest BCUT2D eigenvalue weighted by atomic mass is 16.2. The van der Waals surface area contributed by atoms with Crippen LogP contribution < -0.4 is 11.2 Å². The summed E-state index contributed by atoms with van der Waals surface area (Å²) >= 11 is 0. The molecule has 0 N–H and O–H groups in total. The molecule has 0 aliphatic heterocycles. The predicted molar refractivity (Wildman–Crippen MR) is 187 cm³/mol. The van der Waals surface area contributed by atoms with Crippen LogP contribution in [0.3, 0.4) is 0 Å². The molecule has 0 saturated heterocycles. The number of hydrogen-bond acceptors (Lipinski definition) is 2. The number of hydrogen-bond donors (Lipinski definition) is 0. The largest absolute Gasteiger partial charge is 0.340 e. The first-order valence-corrected chi connectivity index (χ1v) is 15.6. The van der Waals surface area contributed by atoms with Crippen LogP contribution in [0.25, 0.3) is 71.5 Å². The van der Waals surface area contributed by atoms with E-state index in [1.165, 1.54) is 37.4 Å². The van der Waals surface area contributed by atoms with Gasteiger partial charge in [0.05, 0.1) is 27.8 Å². The predicted octanol–water partition coefficient (Wildman–Crippen LogP) is 8.60. The van der Waals surface area contributed by atoms with Gasteiger partial charge in [0.15, 0.2) is 0 Å². The van der Waals surface area contributed by atoms with Crippen LogP contribution in [0, 0.1) is 0 Å². The fourth-order valence-electron chi connectivity index (χ4n) is 8.12. The lowest BCUT2D eigenvalue weighted by Gasteiger charge is -2.21. The van der Waals surface area contributed by atoms with Crippen LogP contribution >= 0.6 is 0 Å². The summed E-state index contributed by atoms with van der Waals surface area (Å²) in [4.78, 5) is 27.5. The van der Waals surface area contributed by atoms with Gasteiger partial charge in [-0.3, -0.25) is 9.36 Å². The minimum atomic E-state index is -0.357. The van der Waals surface area contributed by atoms with Gasteiger partial charge in [0.2, 0.25) is 0 Å². The molecule has 0 amide bonds. The lowest BCUT2D eigenvalue weighted by Crippen LogP contribution is -2.27. The Balaban J connectivity index is 1.20. The molecule has 0 atom stereocenters. The van der Waals surface area contributed by atoms with E-state index in [1.54, 1.807) is 10.6 Å². The Labute approximate surface area is 263 Å². The van der Waals surface area contributed by atoms with Crippen LogP contribution in [0.4, 0.5) is 0 Å². The standard InChI is InChI=1S/C41H27N3O2/c1-41(2)33-15-7-5-11-27(33)31-22-32-28-12-6-8-16-35(28)42(37(32)23-34(31)41)24-18-20-25(21-19-24)43-36-17-9-14-29-26-10-3-4-13-30(26)39(45)44(38(29)36)40(43)46/h3-23H,1-2H3. The summed E-state index contributed by atoms with van der Waals surface area (Å²) in [6, 6.07) is 43.5. The zero-order chi connectivity index (χ0) is 30.9. The van der Waals surface area contributed by atoms with Crippen molar-refractivity contribution in [3.8, 4) is 22.5 Å². The lowest BCUT2D eigenvalue weighted by molar-refractivity contribution is 0.661. The highest BCUT2D eigenvalue weighted by molar-refractivity contribution is 6.12. The molecule has 1 aliphatic carbocycles. The molecule has 6 aromatic carbocycles. The summed E-state index contributed by atoms with van der Waals surface area (Å²) in [6.07, 6.45) is 0. The summed E-state index contributed by atoms with van der Waals surface area (Å²) in [7, 11) is 0. The fourth-order valence-corrected chi connectivity index (χ4v) is 8.12. The molecule has 46 heavy (non-hydrogen) atoms. The third-order valence-electron chi connectivity index (χ3n) is 10.3. The maximum absolute atomic E-state index is 14.0. The number of nitrogens with zero attached hydrogens (tertiary/aromatic N) is 3. The van der Waals surface area contributed by atoms with Crippen molar-refractivity contribution in [3.05, 3.63) is 159 Å². The summed E-state index contributed by atoms with van der Waals surface area (Å²) in [5.74, 6) is 0. The summed E-state index contributed by atoms with van der Waals surface area (Å²) in [5.41, 5.74) is 9.91. The zero-order valence-electron chi connectivity index (χ0n) is 25.3. The molecule has 3 aromatic heterocycles. The molecule has 0 spiro atoms. The maximum Gasteiger partial charge on any atom is 0.340 e. The Morgan fingerprint density at radius 2 is 1.11 bits per heavy atom. The molecule has 0 unspecified atom stereocenters. The summed E-state index contributed by atoms with van der Waals surface area (Å²) in [6.45, 7) is 4.62. The average molecular weight is 594 g/mol. The van der Waals surface area contributed by atoms with E-state index in [0.29, 0.717) is 22.1 Å². The van der Waals surface area contributed by atoms with Gasteiger partial charge >= 0.3 is 5.69 Å². The van der Waals surface area contributed by atoms with Crippen LogP contribution in [0.2, 0.25) is 0 Å². The maximum atomic E-state index is 14.0. The number of aromatic nitrogens is 3. The van der Waals surface area contributed by atoms with Crippen LogP contribution in [0.15, 0.2) is 137 Å². The molecule has 218 valence electrons. The molecule has 0 bridgehead atoms. The Morgan fingerprint density at radius 3 is 1.91 bits per heavy atom. The second-order valence-electron chi connectivity index (χ2n) is 12.9. The summed E-state index contributed by atoms with van der Waals surface area (Å²) < 4.78 is 5.31. The Hall–Kier alpha value is -5.94. The van der Waals surface area contributed by atoms with Crippen molar-refractivity contribution < 1.29 is 0 Å². The monoisotopic (exact) mass is 593 g/mol. The van der Waals surface area contributed by atoms with Gasteiger partial charge in [-0.05, 0) is 82.2 Å². The Morgan fingerprint density at radius 1 is 0.478 bits per heavy atom. The minimum Gasteiger partial charge on any atom is -0.309 e. The molecule has 5 heteroatoms. The second-order valence-corrected chi connectivity index (χ2v) is 12.9. The van der Waals surface area contributed by atoms with Gasteiger partial charge in [0.1, 0.15) is 0 Å². The smallest absolute Gasteiger partial charge is 0.309 e. The van der Waals surface area contributed by atoms with Crippen LogP contribution in [0.1, 0.15) is 25.0 Å². The van der Waals surface area contributed by atoms with Gasteiger partial charge in [-0.25, -0.2) is 9.20 Å². The highest BCUT2D eigenvalue weighted by Crippen LogP contribution is 2.50. The van der Waals surface area contributed by atoms with Crippen LogP contribution in [-0.2, 0) is 5.41 Å². The lowest BCUT2D eigenvalue weighted by atomic mass is 9.82. The average Bonchev–Trinajstić information content (AvgIpc) is 3.66. The van der Waals surface area contributed by atoms with E-state index in [9.17, 15) is 9.59 Å². The van der Waals surface area contributed by atoms with E-state index in [2.05, 4.69) is 91.2 Å². The number of benzene rings is 6. The van der Waals surface area contributed by atoms with Crippen molar-refractivity contribution in [1.29, 1.82) is 0 Å². The van der Waals surface area contributed by atoms with Crippen molar-refractivity contribution in [3.63, 3.8) is 0 Å². The van der Waals surface area contributed by atoms with Crippen molar-refractivity contribution in [1.82, 2.24) is 13.5 Å². The molecule has 5 nitrogen and oxygen atoms in total. The molecule has 0 saturated carbocycles. The van der Waals surface area contributed by atoms with E-state index < -0.39 is 0 Å². The van der Waals surface area contributed by atoms with Crippen molar-refractivity contribution in [2.45, 2.75) is 19.3 Å². The number of fused-ring (bicyclic) bond motifs is 8. The number of pyridine rings is 1. The molecular formula is C41H27N3O2. The SMILES string of the molecule is CC1(C)c2ccccc2-c2cc3c4ccccc4n(-c4ccc(-n5c(=O)n6c(=O)c7ccccc7c7cccc5c76)cc4)c3cc21. The normalized spacial score (nSPS) is 13.8. The molecular weight excluding hydrogens is 566 g/mol. The number of imidazole rings is 1. The zero-order valence-corrected chi connectivity index (χ0v) is 25.3. The molecule has 3 heterocycles. The number of rotatable bonds is 2. The van der Waals surface area contributed by atoms with Gasteiger partial charge < -0.3 is 4.57 Å². The third kappa shape index (κ3) is 3.04. The quantitative estimate of drug-likeness (QED) is 0.189.